The summed E-state index contributed by atoms with van der Waals surface area (Å²) in [6.07, 6.45) is -0.622. The predicted molar refractivity (Wildman–Crippen MR) is 75.8 cm³/mol. The molecule has 0 atom stereocenters. The monoisotopic (exact) mass is 318 g/mol. The van der Waals surface area contributed by atoms with Gasteiger partial charge in [-0.25, -0.2) is 22.3 Å². The maximum absolute atomic E-state index is 12.7. The van der Waals surface area contributed by atoms with Gasteiger partial charge in [0.05, 0.1) is 4.90 Å². The highest BCUT2D eigenvalue weighted by Crippen LogP contribution is 2.09. The van der Waals surface area contributed by atoms with Gasteiger partial charge in [0.2, 0.25) is 10.0 Å². The summed E-state index contributed by atoms with van der Waals surface area (Å²) in [5.41, 5.74) is -0.613. The van der Waals surface area contributed by atoms with Gasteiger partial charge in [-0.3, -0.25) is 0 Å². The number of sulfonamides is 1. The van der Waals surface area contributed by atoms with Crippen LogP contribution in [0, 0.1) is 5.82 Å². The molecule has 8 heteroatoms. The number of carbonyl (C=O) groups is 1. The molecular formula is C13H19FN2O4S. The van der Waals surface area contributed by atoms with Crippen molar-refractivity contribution >= 4 is 16.1 Å². The molecule has 0 aliphatic carbocycles. The highest BCUT2D eigenvalue weighted by Gasteiger charge is 2.16. The van der Waals surface area contributed by atoms with Crippen LogP contribution in [0.25, 0.3) is 0 Å². The van der Waals surface area contributed by atoms with Crippen LogP contribution in [-0.4, -0.2) is 33.2 Å². The van der Waals surface area contributed by atoms with Crippen LogP contribution in [0.3, 0.4) is 0 Å². The van der Waals surface area contributed by atoms with E-state index in [9.17, 15) is 17.6 Å². The third-order valence-corrected chi connectivity index (χ3v) is 3.69. The van der Waals surface area contributed by atoms with Crippen molar-refractivity contribution in [3.05, 3.63) is 30.1 Å². The minimum atomic E-state index is -3.72. The largest absolute Gasteiger partial charge is 0.444 e. The first-order valence-electron chi connectivity index (χ1n) is 6.32. The summed E-state index contributed by atoms with van der Waals surface area (Å²) in [6.45, 7) is 5.26. The molecule has 0 fully saturated rings. The average molecular weight is 318 g/mol. The quantitative estimate of drug-likeness (QED) is 0.808. The molecule has 118 valence electrons. The highest BCUT2D eigenvalue weighted by atomic mass is 32.2. The van der Waals surface area contributed by atoms with Crippen LogP contribution >= 0.6 is 0 Å². The zero-order valence-electron chi connectivity index (χ0n) is 12.1. The molecule has 21 heavy (non-hydrogen) atoms. The minimum absolute atomic E-state index is 0.00104. The number of nitrogens with one attached hydrogen (secondary N) is 2. The van der Waals surface area contributed by atoms with Gasteiger partial charge in [0, 0.05) is 13.1 Å². The van der Waals surface area contributed by atoms with Crippen molar-refractivity contribution < 1.29 is 22.3 Å². The lowest BCUT2D eigenvalue weighted by atomic mass is 10.2. The van der Waals surface area contributed by atoms with Crippen molar-refractivity contribution in [2.75, 3.05) is 13.1 Å². The molecule has 0 saturated heterocycles. The fourth-order valence-corrected chi connectivity index (χ4v) is 2.39. The Morgan fingerprint density at radius 1 is 1.19 bits per heavy atom. The Balaban J connectivity index is 2.41. The van der Waals surface area contributed by atoms with Gasteiger partial charge in [-0.1, -0.05) is 0 Å². The molecule has 1 aromatic carbocycles. The van der Waals surface area contributed by atoms with Crippen molar-refractivity contribution in [3.63, 3.8) is 0 Å². The topological polar surface area (TPSA) is 84.5 Å². The highest BCUT2D eigenvalue weighted by molar-refractivity contribution is 7.89. The van der Waals surface area contributed by atoms with Crippen LogP contribution in [0.5, 0.6) is 0 Å². The number of hydrogen-bond donors (Lipinski definition) is 2. The number of carbonyl (C=O) groups excluding carboxylic acids is 1. The third-order valence-electron chi connectivity index (χ3n) is 2.21. The lowest BCUT2D eigenvalue weighted by molar-refractivity contribution is 0.0529. The average Bonchev–Trinajstić information content (AvgIpc) is 2.33. The van der Waals surface area contributed by atoms with Gasteiger partial charge in [-0.05, 0) is 45.0 Å². The molecule has 1 aromatic rings. The van der Waals surface area contributed by atoms with E-state index in [2.05, 4.69) is 10.0 Å². The smallest absolute Gasteiger partial charge is 0.407 e. The predicted octanol–water partition coefficient (Wildman–Crippen LogP) is 1.63. The van der Waals surface area contributed by atoms with Crippen molar-refractivity contribution in [1.82, 2.24) is 10.0 Å². The number of ether oxygens (including phenoxy) is 1. The Labute approximate surface area is 123 Å². The van der Waals surface area contributed by atoms with Crippen LogP contribution < -0.4 is 10.0 Å². The van der Waals surface area contributed by atoms with Crippen molar-refractivity contribution in [2.24, 2.45) is 0 Å². The van der Waals surface area contributed by atoms with Gasteiger partial charge in [0.15, 0.2) is 0 Å². The molecule has 0 spiro atoms. The van der Waals surface area contributed by atoms with Gasteiger partial charge < -0.3 is 10.1 Å². The first kappa shape index (κ1) is 17.4. The van der Waals surface area contributed by atoms with Gasteiger partial charge in [0.25, 0.3) is 0 Å². The van der Waals surface area contributed by atoms with E-state index in [-0.39, 0.29) is 18.0 Å². The fraction of sp³-hybridized carbons (Fsp3) is 0.462. The first-order valence-corrected chi connectivity index (χ1v) is 7.80. The summed E-state index contributed by atoms with van der Waals surface area (Å²) in [6, 6.07) is 4.46. The zero-order chi connectivity index (χ0) is 16.1. The Morgan fingerprint density at radius 2 is 1.76 bits per heavy atom. The molecule has 0 bridgehead atoms. The fourth-order valence-electron chi connectivity index (χ4n) is 1.36. The second kappa shape index (κ2) is 6.86. The molecule has 2 N–H and O–H groups in total. The SMILES string of the molecule is CC(C)(C)OC(=O)NCCNS(=O)(=O)c1ccc(F)cc1. The molecule has 0 unspecified atom stereocenters. The molecule has 0 aromatic heterocycles. The minimum Gasteiger partial charge on any atom is -0.444 e. The summed E-state index contributed by atoms with van der Waals surface area (Å²) < 4.78 is 43.7. The molecular weight excluding hydrogens is 299 g/mol. The van der Waals surface area contributed by atoms with Gasteiger partial charge in [-0.2, -0.15) is 0 Å². The van der Waals surface area contributed by atoms with Gasteiger partial charge in [-0.15, -0.1) is 0 Å². The molecule has 6 nitrogen and oxygen atoms in total. The van der Waals surface area contributed by atoms with E-state index in [1.54, 1.807) is 20.8 Å². The lowest BCUT2D eigenvalue weighted by Crippen LogP contribution is -2.37. The first-order chi connectivity index (χ1) is 9.60. The van der Waals surface area contributed by atoms with Crippen molar-refractivity contribution in [2.45, 2.75) is 31.3 Å². The Hall–Kier alpha value is -1.67. The van der Waals surface area contributed by atoms with Crippen LogP contribution in [0.1, 0.15) is 20.8 Å². The van der Waals surface area contributed by atoms with E-state index in [1.165, 1.54) is 12.1 Å². The molecule has 0 heterocycles. The van der Waals surface area contributed by atoms with Crippen molar-refractivity contribution in [3.8, 4) is 0 Å². The number of rotatable bonds is 5. The Morgan fingerprint density at radius 3 is 2.29 bits per heavy atom. The van der Waals surface area contributed by atoms with Crippen LogP contribution in [-0.2, 0) is 14.8 Å². The third kappa shape index (κ3) is 6.54. The normalized spacial score (nSPS) is 12.0. The number of amides is 1. The number of hydrogen-bond acceptors (Lipinski definition) is 4. The second-order valence-corrected chi connectivity index (χ2v) is 7.05. The van der Waals surface area contributed by atoms with E-state index in [4.69, 9.17) is 4.74 Å². The summed E-state index contributed by atoms with van der Waals surface area (Å²) in [4.78, 5) is 11.3. The number of benzene rings is 1. The molecule has 0 radical (unpaired) electrons. The van der Waals surface area contributed by atoms with E-state index >= 15 is 0 Å². The van der Waals surface area contributed by atoms with Crippen LogP contribution in [0.15, 0.2) is 29.2 Å². The van der Waals surface area contributed by atoms with Crippen LogP contribution in [0.4, 0.5) is 9.18 Å². The standard InChI is InChI=1S/C13H19FN2O4S/c1-13(2,3)20-12(17)15-8-9-16-21(18,19)11-6-4-10(14)5-7-11/h4-7,16H,8-9H2,1-3H3,(H,15,17). The Bertz CT molecular complexity index is 579. The van der Waals surface area contributed by atoms with E-state index in [0.717, 1.165) is 12.1 Å². The summed E-state index contributed by atoms with van der Waals surface area (Å²) in [5, 5.41) is 2.42. The summed E-state index contributed by atoms with van der Waals surface area (Å²) in [7, 11) is -3.72. The molecule has 1 amide bonds. The van der Waals surface area contributed by atoms with Crippen molar-refractivity contribution in [1.29, 1.82) is 0 Å². The van der Waals surface area contributed by atoms with Crippen LogP contribution in [0.2, 0.25) is 0 Å². The van der Waals surface area contributed by atoms with E-state index in [0.29, 0.717) is 0 Å². The zero-order valence-corrected chi connectivity index (χ0v) is 13.0. The molecule has 0 saturated carbocycles. The van der Waals surface area contributed by atoms with E-state index in [1.807, 2.05) is 0 Å². The Kier molecular flexibility index (Phi) is 5.68. The van der Waals surface area contributed by atoms with Gasteiger partial charge in [0.1, 0.15) is 11.4 Å². The molecule has 0 aliphatic rings. The molecule has 1 rings (SSSR count). The second-order valence-electron chi connectivity index (χ2n) is 5.28. The maximum Gasteiger partial charge on any atom is 0.407 e. The van der Waals surface area contributed by atoms with E-state index < -0.39 is 27.5 Å². The molecule has 0 aliphatic heterocycles. The number of alkyl carbamates (subject to hydrolysis) is 1. The maximum atomic E-state index is 12.7. The summed E-state index contributed by atoms with van der Waals surface area (Å²) >= 11 is 0. The number of halogens is 1. The lowest BCUT2D eigenvalue weighted by Gasteiger charge is -2.19. The van der Waals surface area contributed by atoms with Gasteiger partial charge >= 0.3 is 6.09 Å². The summed E-state index contributed by atoms with van der Waals surface area (Å²) in [5.74, 6) is -0.513.